The van der Waals surface area contributed by atoms with Crippen LogP contribution < -0.4 is 14.8 Å². The van der Waals surface area contributed by atoms with Gasteiger partial charge in [-0.05, 0) is 54.6 Å². The predicted molar refractivity (Wildman–Crippen MR) is 132 cm³/mol. The number of hydrogen-bond donors (Lipinski definition) is 2. The van der Waals surface area contributed by atoms with Gasteiger partial charge < -0.3 is 29.4 Å². The van der Waals surface area contributed by atoms with E-state index in [1.165, 1.54) is 62.8 Å². The lowest BCUT2D eigenvalue weighted by Crippen LogP contribution is -2.48. The van der Waals surface area contributed by atoms with Crippen molar-refractivity contribution >= 4 is 29.5 Å². The molecule has 2 atom stereocenters. The van der Waals surface area contributed by atoms with Crippen LogP contribution >= 0.6 is 0 Å². The smallest absolute Gasteiger partial charge is 0.416 e. The summed E-state index contributed by atoms with van der Waals surface area (Å²) in [7, 11) is 2.66. The molecule has 210 valence electrons. The molecule has 0 heterocycles. The Labute approximate surface area is 225 Å². The van der Waals surface area contributed by atoms with Crippen LogP contribution in [-0.4, -0.2) is 55.3 Å². The van der Waals surface area contributed by atoms with E-state index in [2.05, 4.69) is 5.32 Å². The third kappa shape index (κ3) is 7.49. The van der Waals surface area contributed by atoms with Crippen molar-refractivity contribution in [2.75, 3.05) is 19.5 Å². The molecule has 10 nitrogen and oxygen atoms in total. The van der Waals surface area contributed by atoms with Crippen LogP contribution in [0.1, 0.15) is 26.3 Å². The number of carbonyl (C=O) groups excluding carboxylic acids is 3. The van der Waals surface area contributed by atoms with Gasteiger partial charge in [0.2, 0.25) is 12.2 Å². The van der Waals surface area contributed by atoms with Crippen molar-refractivity contribution < 1.29 is 56.4 Å². The third-order valence-corrected chi connectivity index (χ3v) is 5.31. The zero-order chi connectivity index (χ0) is 29.4. The molecule has 0 unspecified atom stereocenters. The van der Waals surface area contributed by atoms with E-state index in [4.69, 9.17) is 18.9 Å². The minimum Gasteiger partial charge on any atom is -0.497 e. The monoisotopic (exact) mass is 561 g/mol. The van der Waals surface area contributed by atoms with Gasteiger partial charge in [-0.25, -0.2) is 14.4 Å². The molecule has 13 heteroatoms. The highest BCUT2D eigenvalue weighted by atomic mass is 19.4. The average molecular weight is 561 g/mol. The molecule has 0 aliphatic heterocycles. The van der Waals surface area contributed by atoms with Gasteiger partial charge in [0.15, 0.2) is 0 Å². The number of aliphatic carboxylic acids is 1. The molecule has 3 rings (SSSR count). The van der Waals surface area contributed by atoms with Crippen molar-refractivity contribution in [2.24, 2.45) is 0 Å². The minimum atomic E-state index is -4.74. The molecule has 0 bridgehead atoms. The molecule has 3 aromatic carbocycles. The van der Waals surface area contributed by atoms with Crippen LogP contribution in [0.2, 0.25) is 0 Å². The minimum absolute atomic E-state index is 0.151. The summed E-state index contributed by atoms with van der Waals surface area (Å²) in [4.78, 5) is 50.9. The molecule has 0 radical (unpaired) electrons. The predicted octanol–water partition coefficient (Wildman–Crippen LogP) is 4.20. The van der Waals surface area contributed by atoms with E-state index in [0.717, 1.165) is 18.2 Å². The first kappa shape index (κ1) is 29.5. The van der Waals surface area contributed by atoms with Gasteiger partial charge in [0.05, 0.1) is 30.9 Å². The number of alkyl halides is 3. The molecule has 0 aliphatic carbocycles. The second-order valence-corrected chi connectivity index (χ2v) is 8.02. The average Bonchev–Trinajstić information content (AvgIpc) is 2.94. The molecule has 0 fully saturated rings. The molecule has 0 saturated heterocycles. The first-order chi connectivity index (χ1) is 18.9. The maximum atomic E-state index is 13.2. The topological polar surface area (TPSA) is 137 Å². The second kappa shape index (κ2) is 12.7. The Morgan fingerprint density at radius 1 is 0.750 bits per heavy atom. The highest BCUT2D eigenvalue weighted by Gasteiger charge is 2.41. The van der Waals surface area contributed by atoms with Crippen LogP contribution in [0.5, 0.6) is 11.5 Å². The standard InChI is InChI=1S/C27H22F3NO9/c1-37-19-10-3-6-15(12-19)25(35)39-21(23(32)31-18-9-5-8-17(14-18)27(28,29)30)22(24(33)34)40-26(36)16-7-4-11-20(13-16)38-2/h3-14,21-22H,1-2H3,(H,31,32)(H,33,34)/t21-,22+/m1/s1. The van der Waals surface area contributed by atoms with Gasteiger partial charge >= 0.3 is 24.1 Å². The highest BCUT2D eigenvalue weighted by Crippen LogP contribution is 2.31. The lowest BCUT2D eigenvalue weighted by Gasteiger charge is -2.24. The number of esters is 2. The van der Waals surface area contributed by atoms with Gasteiger partial charge in [-0.2, -0.15) is 13.2 Å². The van der Waals surface area contributed by atoms with Crippen molar-refractivity contribution in [3.8, 4) is 11.5 Å². The van der Waals surface area contributed by atoms with Crippen molar-refractivity contribution in [2.45, 2.75) is 18.4 Å². The normalized spacial score (nSPS) is 12.4. The zero-order valence-corrected chi connectivity index (χ0v) is 20.9. The summed E-state index contributed by atoms with van der Waals surface area (Å²) in [5, 5.41) is 11.9. The SMILES string of the molecule is COc1cccc(C(=O)O[C@H](C(=O)O)[C@@H](OC(=O)c2cccc(OC)c2)C(=O)Nc2cccc(C(F)(F)F)c2)c1. The fraction of sp³-hybridized carbons (Fsp3) is 0.185. The van der Waals surface area contributed by atoms with Gasteiger partial charge in [0.25, 0.3) is 5.91 Å². The van der Waals surface area contributed by atoms with Gasteiger partial charge in [-0.3, -0.25) is 4.79 Å². The summed E-state index contributed by atoms with van der Waals surface area (Å²) in [6, 6.07) is 14.4. The number of carboxylic acids is 1. The Bertz CT molecular complexity index is 1410. The van der Waals surface area contributed by atoms with Gasteiger partial charge in [0.1, 0.15) is 11.5 Å². The molecule has 1 amide bonds. The van der Waals surface area contributed by atoms with Crippen LogP contribution in [0.15, 0.2) is 72.8 Å². The highest BCUT2D eigenvalue weighted by molar-refractivity contribution is 6.01. The Hall–Kier alpha value is -5.07. The van der Waals surface area contributed by atoms with E-state index >= 15 is 0 Å². The Morgan fingerprint density at radius 3 is 1.73 bits per heavy atom. The number of benzene rings is 3. The van der Waals surface area contributed by atoms with Crippen molar-refractivity contribution in [1.29, 1.82) is 0 Å². The number of nitrogens with one attached hydrogen (secondary N) is 1. The van der Waals surface area contributed by atoms with Crippen molar-refractivity contribution in [3.05, 3.63) is 89.5 Å². The van der Waals surface area contributed by atoms with Crippen molar-refractivity contribution in [3.63, 3.8) is 0 Å². The lowest BCUT2D eigenvalue weighted by atomic mass is 10.1. The maximum Gasteiger partial charge on any atom is 0.416 e. The van der Waals surface area contributed by atoms with Gasteiger partial charge in [0, 0.05) is 5.69 Å². The van der Waals surface area contributed by atoms with E-state index in [1.807, 2.05) is 0 Å². The van der Waals surface area contributed by atoms with Crippen LogP contribution in [0.3, 0.4) is 0 Å². The molecule has 0 spiro atoms. The molecule has 0 aliphatic rings. The van der Waals surface area contributed by atoms with E-state index < -0.39 is 47.8 Å². The van der Waals surface area contributed by atoms with Gasteiger partial charge in [-0.15, -0.1) is 0 Å². The Balaban J connectivity index is 1.96. The van der Waals surface area contributed by atoms with Crippen LogP contribution in [0, 0.1) is 0 Å². The molecule has 0 aromatic heterocycles. The van der Waals surface area contributed by atoms with E-state index in [9.17, 15) is 37.5 Å². The number of hydrogen-bond acceptors (Lipinski definition) is 8. The first-order valence-electron chi connectivity index (χ1n) is 11.3. The Morgan fingerprint density at radius 2 is 1.25 bits per heavy atom. The molecule has 2 N–H and O–H groups in total. The number of anilines is 1. The quantitative estimate of drug-likeness (QED) is 0.349. The second-order valence-electron chi connectivity index (χ2n) is 8.02. The summed E-state index contributed by atoms with van der Waals surface area (Å²) >= 11 is 0. The van der Waals surface area contributed by atoms with Gasteiger partial charge in [-0.1, -0.05) is 18.2 Å². The summed E-state index contributed by atoms with van der Waals surface area (Å²) in [6.45, 7) is 0. The molecule has 0 saturated carbocycles. The summed E-state index contributed by atoms with van der Waals surface area (Å²) in [5.74, 6) is -5.18. The van der Waals surface area contributed by atoms with Crippen LogP contribution in [0.4, 0.5) is 18.9 Å². The lowest BCUT2D eigenvalue weighted by molar-refractivity contribution is -0.157. The van der Waals surface area contributed by atoms with Crippen LogP contribution in [0.25, 0.3) is 0 Å². The maximum absolute atomic E-state index is 13.2. The molecule has 3 aromatic rings. The van der Waals surface area contributed by atoms with E-state index in [-0.39, 0.29) is 28.3 Å². The first-order valence-corrected chi connectivity index (χ1v) is 11.3. The fourth-order valence-electron chi connectivity index (χ4n) is 3.35. The largest absolute Gasteiger partial charge is 0.497 e. The van der Waals surface area contributed by atoms with Crippen LogP contribution in [-0.2, 0) is 25.2 Å². The van der Waals surface area contributed by atoms with E-state index in [1.54, 1.807) is 0 Å². The number of methoxy groups -OCH3 is 2. The number of rotatable bonds is 10. The number of ether oxygens (including phenoxy) is 4. The molecular formula is C27H22F3NO9. The number of carbonyl (C=O) groups is 4. The summed E-state index contributed by atoms with van der Waals surface area (Å²) < 4.78 is 59.7. The fourth-order valence-corrected chi connectivity index (χ4v) is 3.35. The summed E-state index contributed by atoms with van der Waals surface area (Å²) in [6.07, 6.45) is -9.48. The number of amides is 1. The third-order valence-electron chi connectivity index (χ3n) is 5.31. The molecular weight excluding hydrogens is 539 g/mol. The number of carboxylic acid groups (broad SMARTS) is 1. The Kier molecular flexibility index (Phi) is 9.33. The molecule has 40 heavy (non-hydrogen) atoms. The van der Waals surface area contributed by atoms with Crippen molar-refractivity contribution in [1.82, 2.24) is 0 Å². The zero-order valence-electron chi connectivity index (χ0n) is 20.9. The summed E-state index contributed by atoms with van der Waals surface area (Å²) in [5.41, 5.74) is -1.79. The van der Waals surface area contributed by atoms with E-state index in [0.29, 0.717) is 6.07 Å². The number of halogens is 3.